The summed E-state index contributed by atoms with van der Waals surface area (Å²) in [4.78, 5) is 22.2. The summed E-state index contributed by atoms with van der Waals surface area (Å²) >= 11 is 0. The smallest absolute Gasteiger partial charge is 0.280 e. The molecule has 102 valence electrons. The number of hydrogen-bond donors (Lipinski definition) is 4. The first kappa shape index (κ1) is 12.1. The molecule has 1 saturated carbocycles. The molecule has 8 heteroatoms. The van der Waals surface area contributed by atoms with Crippen LogP contribution >= 0.6 is 0 Å². The Balaban J connectivity index is 2.05. The van der Waals surface area contributed by atoms with Crippen LogP contribution in [0.1, 0.15) is 18.9 Å². The van der Waals surface area contributed by atoms with Gasteiger partial charge in [0.15, 0.2) is 11.2 Å². The minimum absolute atomic E-state index is 0.0363. The molecule has 2 heterocycles. The van der Waals surface area contributed by atoms with Crippen molar-refractivity contribution in [2.24, 2.45) is 5.92 Å². The van der Waals surface area contributed by atoms with E-state index in [9.17, 15) is 15.0 Å². The van der Waals surface area contributed by atoms with Gasteiger partial charge < -0.3 is 20.5 Å². The zero-order valence-electron chi connectivity index (χ0n) is 10.2. The molecule has 0 saturated heterocycles. The number of rotatable bonds is 2. The van der Waals surface area contributed by atoms with Gasteiger partial charge in [0, 0.05) is 18.6 Å². The number of imidazole rings is 1. The number of anilines is 1. The summed E-state index contributed by atoms with van der Waals surface area (Å²) in [7, 11) is 0. The quantitative estimate of drug-likeness (QED) is 0.551. The molecule has 5 N–H and O–H groups in total. The van der Waals surface area contributed by atoms with Crippen LogP contribution in [0.3, 0.4) is 0 Å². The number of nitrogens with two attached hydrogens (primary N) is 1. The number of aromatic amines is 1. The topological polar surface area (TPSA) is 130 Å². The summed E-state index contributed by atoms with van der Waals surface area (Å²) < 4.78 is 1.75. The van der Waals surface area contributed by atoms with Crippen molar-refractivity contribution >= 4 is 17.1 Å². The molecule has 0 spiro atoms. The minimum Gasteiger partial charge on any atom is -0.396 e. The Labute approximate surface area is 107 Å². The highest BCUT2D eigenvalue weighted by Crippen LogP contribution is 2.35. The van der Waals surface area contributed by atoms with Gasteiger partial charge in [-0.1, -0.05) is 0 Å². The first-order chi connectivity index (χ1) is 9.10. The first-order valence-corrected chi connectivity index (χ1v) is 6.11. The highest BCUT2D eigenvalue weighted by molar-refractivity contribution is 5.70. The van der Waals surface area contributed by atoms with E-state index in [2.05, 4.69) is 15.0 Å². The summed E-state index contributed by atoms with van der Waals surface area (Å²) in [6.45, 7) is -0.0551. The van der Waals surface area contributed by atoms with E-state index < -0.39 is 6.10 Å². The average molecular weight is 265 g/mol. The Morgan fingerprint density at radius 2 is 2.32 bits per heavy atom. The Hall–Kier alpha value is -1.93. The Bertz CT molecular complexity index is 664. The maximum Gasteiger partial charge on any atom is 0.280 e. The van der Waals surface area contributed by atoms with Crippen molar-refractivity contribution in [3.63, 3.8) is 0 Å². The number of nitrogens with one attached hydrogen (secondary N) is 1. The number of aliphatic hydroxyl groups excluding tert-OH is 2. The van der Waals surface area contributed by atoms with Crippen LogP contribution in [0.15, 0.2) is 11.1 Å². The summed E-state index contributed by atoms with van der Waals surface area (Å²) in [5.74, 6) is -0.113. The van der Waals surface area contributed by atoms with Crippen LogP contribution in [0.5, 0.6) is 0 Å². The Morgan fingerprint density at radius 3 is 3.00 bits per heavy atom. The van der Waals surface area contributed by atoms with Gasteiger partial charge >= 0.3 is 0 Å². The van der Waals surface area contributed by atoms with Crippen LogP contribution in [0, 0.1) is 5.92 Å². The standard InChI is InChI=1S/C11H15N5O3/c12-11-14-9-8(10(19)15-11)13-4-16(9)6-1-5(3-17)7(18)2-6/h4-7,17-18H,1-3H2,(H3,12,14,15,19)/t5-,6?,7+/m1/s1. The third-order valence-electron chi connectivity index (χ3n) is 3.71. The normalized spacial score (nSPS) is 27.2. The van der Waals surface area contributed by atoms with Gasteiger partial charge in [0.05, 0.1) is 12.4 Å². The zero-order valence-corrected chi connectivity index (χ0v) is 10.2. The number of nitrogens with zero attached hydrogens (tertiary/aromatic N) is 3. The van der Waals surface area contributed by atoms with Gasteiger partial charge in [0.2, 0.25) is 5.95 Å². The number of fused-ring (bicyclic) bond motifs is 1. The van der Waals surface area contributed by atoms with E-state index in [4.69, 9.17) is 5.73 Å². The Morgan fingerprint density at radius 1 is 1.53 bits per heavy atom. The third kappa shape index (κ3) is 1.89. The zero-order chi connectivity index (χ0) is 13.6. The largest absolute Gasteiger partial charge is 0.396 e. The minimum atomic E-state index is -0.549. The molecule has 2 aromatic rings. The molecule has 1 aliphatic carbocycles. The van der Waals surface area contributed by atoms with Gasteiger partial charge in [-0.3, -0.25) is 9.78 Å². The van der Waals surface area contributed by atoms with Gasteiger partial charge in [0.1, 0.15) is 0 Å². The molecule has 0 aromatic carbocycles. The maximum atomic E-state index is 11.7. The molecule has 8 nitrogen and oxygen atoms in total. The number of nitrogen functional groups attached to an aromatic ring is 1. The lowest BCUT2D eigenvalue weighted by molar-refractivity contribution is 0.0906. The maximum absolute atomic E-state index is 11.7. The van der Waals surface area contributed by atoms with E-state index in [1.54, 1.807) is 4.57 Å². The highest BCUT2D eigenvalue weighted by Gasteiger charge is 2.34. The van der Waals surface area contributed by atoms with E-state index in [-0.39, 0.29) is 35.6 Å². The van der Waals surface area contributed by atoms with Crippen LogP contribution in [-0.2, 0) is 0 Å². The van der Waals surface area contributed by atoms with E-state index in [0.29, 0.717) is 18.5 Å². The fourth-order valence-corrected chi connectivity index (χ4v) is 2.71. The van der Waals surface area contributed by atoms with Crippen LogP contribution in [-0.4, -0.2) is 42.4 Å². The molecule has 0 aliphatic heterocycles. The van der Waals surface area contributed by atoms with Crippen LogP contribution < -0.4 is 11.3 Å². The molecule has 0 bridgehead atoms. The van der Waals surface area contributed by atoms with Gasteiger partial charge in [-0.05, 0) is 12.8 Å². The molecule has 1 unspecified atom stereocenters. The van der Waals surface area contributed by atoms with Crippen LogP contribution in [0.25, 0.3) is 11.2 Å². The van der Waals surface area contributed by atoms with E-state index >= 15 is 0 Å². The fraction of sp³-hybridized carbons (Fsp3) is 0.545. The van der Waals surface area contributed by atoms with Crippen molar-refractivity contribution in [3.8, 4) is 0 Å². The SMILES string of the molecule is Nc1nc2c(ncn2C2C[C@H](CO)[C@@H](O)C2)c(=O)[nH]1. The van der Waals surface area contributed by atoms with Crippen molar-refractivity contribution in [3.05, 3.63) is 16.7 Å². The summed E-state index contributed by atoms with van der Waals surface area (Å²) in [5.41, 5.74) is 5.81. The van der Waals surface area contributed by atoms with Crippen molar-refractivity contribution < 1.29 is 10.2 Å². The third-order valence-corrected chi connectivity index (χ3v) is 3.71. The number of H-pyrrole nitrogens is 1. The summed E-state index contributed by atoms with van der Waals surface area (Å²) in [6.07, 6.45) is 2.11. The molecule has 0 amide bonds. The predicted octanol–water partition coefficient (Wildman–Crippen LogP) is -0.994. The van der Waals surface area contributed by atoms with Crippen LogP contribution in [0.4, 0.5) is 5.95 Å². The molecule has 1 aliphatic rings. The van der Waals surface area contributed by atoms with E-state index in [1.165, 1.54) is 6.33 Å². The second-order valence-corrected chi connectivity index (χ2v) is 4.91. The van der Waals surface area contributed by atoms with Crippen LogP contribution in [0.2, 0.25) is 0 Å². The second-order valence-electron chi connectivity index (χ2n) is 4.91. The molecular formula is C11H15N5O3. The highest BCUT2D eigenvalue weighted by atomic mass is 16.3. The number of aromatic nitrogens is 4. The van der Waals surface area contributed by atoms with E-state index in [1.807, 2.05) is 0 Å². The molecule has 19 heavy (non-hydrogen) atoms. The van der Waals surface area contributed by atoms with Gasteiger partial charge in [-0.15, -0.1) is 0 Å². The first-order valence-electron chi connectivity index (χ1n) is 6.11. The summed E-state index contributed by atoms with van der Waals surface area (Å²) in [5, 5.41) is 19.0. The van der Waals surface area contributed by atoms with Crippen molar-refractivity contribution in [1.82, 2.24) is 19.5 Å². The monoisotopic (exact) mass is 265 g/mol. The van der Waals surface area contributed by atoms with Crippen molar-refractivity contribution in [2.75, 3.05) is 12.3 Å². The molecule has 1 fully saturated rings. The van der Waals surface area contributed by atoms with Crippen molar-refractivity contribution in [1.29, 1.82) is 0 Å². The predicted molar refractivity (Wildman–Crippen MR) is 67.4 cm³/mol. The van der Waals surface area contributed by atoms with Crippen molar-refractivity contribution in [2.45, 2.75) is 25.0 Å². The second kappa shape index (κ2) is 4.32. The lowest BCUT2D eigenvalue weighted by Gasteiger charge is -2.11. The Kier molecular flexibility index (Phi) is 2.76. The summed E-state index contributed by atoms with van der Waals surface area (Å²) in [6, 6.07) is -0.0363. The lowest BCUT2D eigenvalue weighted by atomic mass is 10.1. The van der Waals surface area contributed by atoms with Gasteiger partial charge in [-0.2, -0.15) is 4.98 Å². The van der Waals surface area contributed by atoms with Gasteiger partial charge in [0.25, 0.3) is 5.56 Å². The molecule has 3 atom stereocenters. The average Bonchev–Trinajstić information content (AvgIpc) is 2.92. The molecule has 2 aromatic heterocycles. The number of aliphatic hydroxyl groups is 2. The number of hydrogen-bond acceptors (Lipinski definition) is 6. The molecule has 3 rings (SSSR count). The van der Waals surface area contributed by atoms with E-state index in [0.717, 1.165) is 0 Å². The molecular weight excluding hydrogens is 250 g/mol. The van der Waals surface area contributed by atoms with Gasteiger partial charge in [-0.25, -0.2) is 4.98 Å². The molecule has 0 radical (unpaired) electrons. The lowest BCUT2D eigenvalue weighted by Crippen LogP contribution is -2.16. The fourth-order valence-electron chi connectivity index (χ4n) is 2.71.